The molecule has 0 aromatic heterocycles. The number of amides is 2. The minimum Gasteiger partial charge on any atom is -0.317 e. The van der Waals surface area contributed by atoms with Crippen molar-refractivity contribution in [1.82, 2.24) is 5.43 Å². The van der Waals surface area contributed by atoms with Crippen LogP contribution in [-0.2, 0) is 9.59 Å². The molecule has 0 aliphatic heterocycles. The molecule has 2 amide bonds. The quantitative estimate of drug-likeness (QED) is 0.514. The lowest BCUT2D eigenvalue weighted by Crippen LogP contribution is -2.32. The topological polar surface area (TPSA) is 70.6 Å². The molecule has 0 aliphatic rings. The van der Waals surface area contributed by atoms with Crippen LogP contribution in [0.25, 0.3) is 0 Å². The van der Waals surface area contributed by atoms with E-state index in [0.29, 0.717) is 5.69 Å². The first kappa shape index (κ1) is 14.5. The van der Waals surface area contributed by atoms with Crippen molar-refractivity contribution in [3.8, 4) is 0 Å². The van der Waals surface area contributed by atoms with Crippen LogP contribution in [-0.4, -0.2) is 18.0 Å². The first-order chi connectivity index (χ1) is 10.2. The van der Waals surface area contributed by atoms with Gasteiger partial charge in [-0.25, -0.2) is 5.43 Å². The molecule has 5 heteroatoms. The van der Waals surface area contributed by atoms with Gasteiger partial charge in [-0.3, -0.25) is 9.59 Å². The zero-order valence-corrected chi connectivity index (χ0v) is 11.5. The molecule has 21 heavy (non-hydrogen) atoms. The van der Waals surface area contributed by atoms with Gasteiger partial charge in [0, 0.05) is 5.69 Å². The fourth-order valence-electron chi connectivity index (χ4n) is 1.65. The molecule has 0 saturated heterocycles. The third kappa shape index (κ3) is 4.28. The largest absolute Gasteiger partial charge is 0.329 e. The van der Waals surface area contributed by atoms with Crippen molar-refractivity contribution in [2.45, 2.75) is 6.92 Å². The summed E-state index contributed by atoms with van der Waals surface area (Å²) in [5.74, 6) is -1.57. The number of hydrogen-bond donors (Lipinski definition) is 2. The van der Waals surface area contributed by atoms with Crippen LogP contribution < -0.4 is 10.7 Å². The van der Waals surface area contributed by atoms with Crippen molar-refractivity contribution in [3.63, 3.8) is 0 Å². The third-order valence-corrected chi connectivity index (χ3v) is 2.78. The number of hydrazone groups is 1. The molecule has 0 unspecified atom stereocenters. The number of carbonyl (C=O) groups excluding carboxylic acids is 2. The molecule has 2 N–H and O–H groups in total. The van der Waals surface area contributed by atoms with E-state index in [9.17, 15) is 9.59 Å². The van der Waals surface area contributed by atoms with E-state index < -0.39 is 11.8 Å². The number of rotatable bonds is 3. The Hall–Kier alpha value is -2.95. The fraction of sp³-hybridized carbons (Fsp3) is 0.0625. The number of para-hydroxylation sites is 1. The smallest absolute Gasteiger partial charge is 0.317 e. The lowest BCUT2D eigenvalue weighted by molar-refractivity contribution is -0.136. The number of anilines is 1. The summed E-state index contributed by atoms with van der Waals surface area (Å²) in [4.78, 5) is 23.3. The summed E-state index contributed by atoms with van der Waals surface area (Å²) in [6.07, 6.45) is 1.47. The van der Waals surface area contributed by atoms with Crippen molar-refractivity contribution in [2.75, 3.05) is 5.32 Å². The van der Waals surface area contributed by atoms with E-state index >= 15 is 0 Å². The molecule has 2 aromatic rings. The van der Waals surface area contributed by atoms with Crippen LogP contribution in [0.4, 0.5) is 5.69 Å². The molecular formula is C16H15N3O2. The van der Waals surface area contributed by atoms with Gasteiger partial charge in [0.1, 0.15) is 0 Å². The number of nitrogens with one attached hydrogen (secondary N) is 2. The van der Waals surface area contributed by atoms with E-state index in [-0.39, 0.29) is 0 Å². The Labute approximate surface area is 122 Å². The standard InChI is InChI=1S/C16H15N3O2/c1-12-7-5-6-10-14(12)18-15(20)16(21)19-17-11-13-8-3-2-4-9-13/h2-11H,1H3,(H,18,20)(H,19,21)/b17-11-. The number of hydrogen-bond acceptors (Lipinski definition) is 3. The third-order valence-electron chi connectivity index (χ3n) is 2.78. The Balaban J connectivity index is 1.90. The van der Waals surface area contributed by atoms with Crippen LogP contribution in [0.2, 0.25) is 0 Å². The van der Waals surface area contributed by atoms with Gasteiger partial charge < -0.3 is 5.32 Å². The second-order valence-electron chi connectivity index (χ2n) is 4.38. The molecule has 106 valence electrons. The van der Waals surface area contributed by atoms with Crippen LogP contribution in [0.1, 0.15) is 11.1 Å². The van der Waals surface area contributed by atoms with Gasteiger partial charge in [0.15, 0.2) is 0 Å². The molecule has 5 nitrogen and oxygen atoms in total. The molecule has 0 spiro atoms. The summed E-state index contributed by atoms with van der Waals surface area (Å²) in [6, 6.07) is 16.5. The minimum absolute atomic E-state index is 0.602. The zero-order chi connectivity index (χ0) is 15.1. The second-order valence-corrected chi connectivity index (χ2v) is 4.38. The molecule has 0 aliphatic carbocycles. The molecule has 0 saturated carbocycles. The van der Waals surface area contributed by atoms with Gasteiger partial charge in [-0.05, 0) is 24.1 Å². The predicted molar refractivity (Wildman–Crippen MR) is 82.0 cm³/mol. The average Bonchev–Trinajstić information content (AvgIpc) is 2.50. The lowest BCUT2D eigenvalue weighted by Gasteiger charge is -2.06. The van der Waals surface area contributed by atoms with E-state index in [2.05, 4.69) is 15.8 Å². The minimum atomic E-state index is -0.814. The van der Waals surface area contributed by atoms with Crippen molar-refractivity contribution < 1.29 is 9.59 Å². The Bertz CT molecular complexity index is 666. The molecular weight excluding hydrogens is 266 g/mol. The first-order valence-electron chi connectivity index (χ1n) is 6.42. The van der Waals surface area contributed by atoms with Gasteiger partial charge in [-0.2, -0.15) is 5.10 Å². The van der Waals surface area contributed by atoms with Gasteiger partial charge in [0.2, 0.25) is 0 Å². The normalized spacial score (nSPS) is 10.3. The van der Waals surface area contributed by atoms with Gasteiger partial charge in [-0.1, -0.05) is 48.5 Å². The maximum Gasteiger partial charge on any atom is 0.329 e. The van der Waals surface area contributed by atoms with E-state index in [1.807, 2.05) is 49.4 Å². The monoisotopic (exact) mass is 281 g/mol. The SMILES string of the molecule is Cc1ccccc1NC(=O)C(=O)N/N=C\c1ccccc1. The predicted octanol–water partition coefficient (Wildman–Crippen LogP) is 2.08. The molecule has 2 aromatic carbocycles. The van der Waals surface area contributed by atoms with Crippen molar-refractivity contribution in [3.05, 3.63) is 65.7 Å². The fourth-order valence-corrected chi connectivity index (χ4v) is 1.65. The van der Waals surface area contributed by atoms with Gasteiger partial charge >= 0.3 is 11.8 Å². The average molecular weight is 281 g/mol. The van der Waals surface area contributed by atoms with E-state index in [1.165, 1.54) is 6.21 Å². The summed E-state index contributed by atoms with van der Waals surface area (Å²) in [6.45, 7) is 1.85. The second kappa shape index (κ2) is 7.00. The van der Waals surface area contributed by atoms with Crippen LogP contribution >= 0.6 is 0 Å². The van der Waals surface area contributed by atoms with E-state index in [4.69, 9.17) is 0 Å². The summed E-state index contributed by atoms with van der Waals surface area (Å²) < 4.78 is 0. The zero-order valence-electron chi connectivity index (χ0n) is 11.5. The number of carbonyl (C=O) groups is 2. The molecule has 0 heterocycles. The molecule has 0 atom stereocenters. The highest BCUT2D eigenvalue weighted by Gasteiger charge is 2.13. The lowest BCUT2D eigenvalue weighted by atomic mass is 10.2. The van der Waals surface area contributed by atoms with Crippen LogP contribution in [0.15, 0.2) is 59.7 Å². The van der Waals surface area contributed by atoms with Crippen LogP contribution in [0.5, 0.6) is 0 Å². The van der Waals surface area contributed by atoms with E-state index in [0.717, 1.165) is 11.1 Å². The Morgan fingerprint density at radius 1 is 0.952 bits per heavy atom. The number of nitrogens with zero attached hydrogens (tertiary/aromatic N) is 1. The Morgan fingerprint density at radius 3 is 2.33 bits per heavy atom. The number of benzene rings is 2. The molecule has 0 fully saturated rings. The van der Waals surface area contributed by atoms with Crippen molar-refractivity contribution in [2.24, 2.45) is 5.10 Å². The van der Waals surface area contributed by atoms with Crippen molar-refractivity contribution in [1.29, 1.82) is 0 Å². The van der Waals surface area contributed by atoms with Crippen molar-refractivity contribution >= 4 is 23.7 Å². The summed E-state index contributed by atoms with van der Waals surface area (Å²) in [7, 11) is 0. The maximum atomic E-state index is 11.7. The summed E-state index contributed by atoms with van der Waals surface area (Å²) in [5, 5.41) is 6.28. The van der Waals surface area contributed by atoms with Gasteiger partial charge in [0.05, 0.1) is 6.21 Å². The Kier molecular flexibility index (Phi) is 4.82. The van der Waals surface area contributed by atoms with E-state index in [1.54, 1.807) is 12.1 Å². The highest BCUT2D eigenvalue weighted by atomic mass is 16.2. The van der Waals surface area contributed by atoms with Gasteiger partial charge in [-0.15, -0.1) is 0 Å². The number of aryl methyl sites for hydroxylation is 1. The molecule has 0 radical (unpaired) electrons. The van der Waals surface area contributed by atoms with Gasteiger partial charge in [0.25, 0.3) is 0 Å². The first-order valence-corrected chi connectivity index (χ1v) is 6.42. The highest BCUT2D eigenvalue weighted by molar-refractivity contribution is 6.39. The van der Waals surface area contributed by atoms with Crippen LogP contribution in [0, 0.1) is 6.92 Å². The molecule has 2 rings (SSSR count). The highest BCUT2D eigenvalue weighted by Crippen LogP contribution is 2.12. The Morgan fingerprint density at radius 2 is 1.62 bits per heavy atom. The molecule has 0 bridgehead atoms. The summed E-state index contributed by atoms with van der Waals surface area (Å²) in [5.41, 5.74) is 4.50. The maximum absolute atomic E-state index is 11.7. The summed E-state index contributed by atoms with van der Waals surface area (Å²) >= 11 is 0. The van der Waals surface area contributed by atoms with Crippen LogP contribution in [0.3, 0.4) is 0 Å².